The highest BCUT2D eigenvalue weighted by molar-refractivity contribution is 5.13. The van der Waals surface area contributed by atoms with E-state index < -0.39 is 0 Å². The van der Waals surface area contributed by atoms with Crippen LogP contribution in [0.25, 0.3) is 0 Å². The highest BCUT2D eigenvalue weighted by Gasteiger charge is 2.42. The lowest BCUT2D eigenvalue weighted by Gasteiger charge is -2.35. The molecule has 0 aromatic rings. The highest BCUT2D eigenvalue weighted by atomic mass is 15.2. The van der Waals surface area contributed by atoms with Gasteiger partial charge < -0.3 is 5.32 Å². The Kier molecular flexibility index (Phi) is 5.46. The van der Waals surface area contributed by atoms with Gasteiger partial charge in [0.15, 0.2) is 0 Å². The summed E-state index contributed by atoms with van der Waals surface area (Å²) in [6.45, 7) is 5.85. The predicted octanol–water partition coefficient (Wildman–Crippen LogP) is 3.31. The number of nitriles is 1. The molecule has 2 atom stereocenters. The smallest absolute Gasteiger partial charge is 0.108 e. The fourth-order valence-electron chi connectivity index (χ4n) is 3.99. The summed E-state index contributed by atoms with van der Waals surface area (Å²) >= 11 is 0. The third-order valence-electron chi connectivity index (χ3n) is 5.41. The van der Waals surface area contributed by atoms with Gasteiger partial charge in [-0.3, -0.25) is 4.90 Å². The van der Waals surface area contributed by atoms with Crippen LogP contribution in [0.3, 0.4) is 0 Å². The average Bonchev–Trinajstić information content (AvgIpc) is 3.09. The molecule has 2 aliphatic rings. The lowest BCUT2D eigenvalue weighted by Crippen LogP contribution is -2.45. The third-order valence-corrected chi connectivity index (χ3v) is 5.41. The zero-order chi connectivity index (χ0) is 14.6. The van der Waals surface area contributed by atoms with Gasteiger partial charge in [-0.15, -0.1) is 0 Å². The van der Waals surface area contributed by atoms with Crippen molar-refractivity contribution in [1.29, 1.82) is 5.26 Å². The van der Waals surface area contributed by atoms with E-state index in [4.69, 9.17) is 0 Å². The molecule has 114 valence electrons. The van der Waals surface area contributed by atoms with E-state index in [-0.39, 0.29) is 5.54 Å². The quantitative estimate of drug-likeness (QED) is 0.809. The number of hydrogen-bond donors (Lipinski definition) is 1. The van der Waals surface area contributed by atoms with Gasteiger partial charge >= 0.3 is 0 Å². The van der Waals surface area contributed by atoms with Crippen molar-refractivity contribution in [2.75, 3.05) is 13.6 Å². The molecule has 3 heteroatoms. The molecule has 0 aliphatic heterocycles. The summed E-state index contributed by atoms with van der Waals surface area (Å²) in [5.41, 5.74) is -0.265. The third kappa shape index (κ3) is 3.54. The summed E-state index contributed by atoms with van der Waals surface area (Å²) in [6, 6.07) is 3.93. The number of nitrogens with zero attached hydrogens (tertiary/aromatic N) is 2. The minimum atomic E-state index is -0.265. The van der Waals surface area contributed by atoms with Crippen LogP contribution in [0.1, 0.15) is 65.2 Å². The van der Waals surface area contributed by atoms with E-state index in [0.29, 0.717) is 6.04 Å². The molecule has 0 aromatic carbocycles. The zero-order valence-electron chi connectivity index (χ0n) is 13.5. The van der Waals surface area contributed by atoms with Crippen LogP contribution in [0.2, 0.25) is 0 Å². The van der Waals surface area contributed by atoms with Crippen LogP contribution in [0, 0.1) is 17.2 Å². The largest absolute Gasteiger partial charge is 0.302 e. The fourth-order valence-corrected chi connectivity index (χ4v) is 3.99. The van der Waals surface area contributed by atoms with Crippen molar-refractivity contribution in [3.8, 4) is 6.07 Å². The molecule has 2 rings (SSSR count). The monoisotopic (exact) mass is 277 g/mol. The second-order valence-electron chi connectivity index (χ2n) is 7.20. The van der Waals surface area contributed by atoms with Gasteiger partial charge in [-0.25, -0.2) is 0 Å². The fraction of sp³-hybridized carbons (Fsp3) is 0.941. The van der Waals surface area contributed by atoms with Gasteiger partial charge in [-0.2, -0.15) is 5.26 Å². The molecule has 0 aromatic heterocycles. The molecule has 2 saturated carbocycles. The second-order valence-corrected chi connectivity index (χ2v) is 7.20. The van der Waals surface area contributed by atoms with Crippen LogP contribution in [-0.2, 0) is 0 Å². The van der Waals surface area contributed by atoms with Gasteiger partial charge in [-0.05, 0) is 58.0 Å². The first-order valence-corrected chi connectivity index (χ1v) is 8.46. The van der Waals surface area contributed by atoms with Gasteiger partial charge in [0, 0.05) is 12.1 Å². The molecular weight excluding hydrogens is 246 g/mol. The molecule has 0 amide bonds. The van der Waals surface area contributed by atoms with Crippen LogP contribution < -0.4 is 5.32 Å². The van der Waals surface area contributed by atoms with E-state index in [1.807, 2.05) is 7.05 Å². The van der Waals surface area contributed by atoms with Crippen LogP contribution in [0.5, 0.6) is 0 Å². The molecule has 2 unspecified atom stereocenters. The first-order chi connectivity index (χ1) is 9.60. The van der Waals surface area contributed by atoms with E-state index in [1.54, 1.807) is 0 Å². The number of rotatable bonds is 6. The van der Waals surface area contributed by atoms with Crippen molar-refractivity contribution < 1.29 is 0 Å². The Labute approximate surface area is 124 Å². The van der Waals surface area contributed by atoms with Crippen molar-refractivity contribution >= 4 is 0 Å². The normalized spacial score (nSPS) is 31.3. The van der Waals surface area contributed by atoms with Crippen LogP contribution in [-0.4, -0.2) is 36.1 Å². The van der Waals surface area contributed by atoms with Crippen LogP contribution >= 0.6 is 0 Å². The van der Waals surface area contributed by atoms with Crippen molar-refractivity contribution in [1.82, 2.24) is 10.2 Å². The number of nitrogens with one attached hydrogen (secondary N) is 1. The molecule has 0 saturated heterocycles. The first kappa shape index (κ1) is 15.8. The summed E-state index contributed by atoms with van der Waals surface area (Å²) in [6.07, 6.45) is 10.0. The maximum absolute atomic E-state index is 9.47. The van der Waals surface area contributed by atoms with Gasteiger partial charge in [0.2, 0.25) is 0 Å². The SMILES string of the molecule is CNC1(C#N)CCC(N(CCC(C)C)C2CCCC2)C1. The summed E-state index contributed by atoms with van der Waals surface area (Å²) in [5.74, 6) is 0.769. The van der Waals surface area contributed by atoms with Gasteiger partial charge in [0.1, 0.15) is 5.54 Å². The van der Waals surface area contributed by atoms with Gasteiger partial charge in [0.05, 0.1) is 6.07 Å². The maximum atomic E-state index is 9.47. The summed E-state index contributed by atoms with van der Waals surface area (Å²) in [7, 11) is 1.94. The van der Waals surface area contributed by atoms with Crippen molar-refractivity contribution in [2.45, 2.75) is 82.8 Å². The topological polar surface area (TPSA) is 39.1 Å². The molecular formula is C17H31N3. The Morgan fingerprint density at radius 2 is 1.95 bits per heavy atom. The Hall–Kier alpha value is -0.590. The first-order valence-electron chi connectivity index (χ1n) is 8.46. The summed E-state index contributed by atoms with van der Waals surface area (Å²) in [4.78, 5) is 2.77. The Bertz CT molecular complexity index is 341. The minimum absolute atomic E-state index is 0.265. The second kappa shape index (κ2) is 6.91. The van der Waals surface area contributed by atoms with Crippen molar-refractivity contribution in [3.63, 3.8) is 0 Å². The molecule has 0 spiro atoms. The van der Waals surface area contributed by atoms with E-state index in [2.05, 4.69) is 30.1 Å². The predicted molar refractivity (Wildman–Crippen MR) is 83.5 cm³/mol. The van der Waals surface area contributed by atoms with Gasteiger partial charge in [-0.1, -0.05) is 26.7 Å². The van der Waals surface area contributed by atoms with E-state index >= 15 is 0 Å². The molecule has 1 N–H and O–H groups in total. The van der Waals surface area contributed by atoms with Crippen molar-refractivity contribution in [2.24, 2.45) is 5.92 Å². The molecule has 2 fully saturated rings. The lowest BCUT2D eigenvalue weighted by molar-refractivity contribution is 0.126. The van der Waals surface area contributed by atoms with Crippen LogP contribution in [0.4, 0.5) is 0 Å². The molecule has 3 nitrogen and oxygen atoms in total. The zero-order valence-corrected chi connectivity index (χ0v) is 13.5. The van der Waals surface area contributed by atoms with Crippen LogP contribution in [0.15, 0.2) is 0 Å². The summed E-state index contributed by atoms with van der Waals surface area (Å²) < 4.78 is 0. The Balaban J connectivity index is 2.01. The molecule has 0 bridgehead atoms. The molecule has 0 radical (unpaired) electrons. The molecule has 20 heavy (non-hydrogen) atoms. The van der Waals surface area contributed by atoms with E-state index in [9.17, 15) is 5.26 Å². The highest BCUT2D eigenvalue weighted by Crippen LogP contribution is 2.36. The standard InChI is InChI=1S/C17H31N3/c1-14(2)9-11-20(15-6-4-5-7-15)16-8-10-17(12-16,13-18)19-3/h14-16,19H,4-12H2,1-3H3. The minimum Gasteiger partial charge on any atom is -0.302 e. The molecule has 2 aliphatic carbocycles. The van der Waals surface area contributed by atoms with E-state index in [0.717, 1.165) is 24.8 Å². The average molecular weight is 277 g/mol. The van der Waals surface area contributed by atoms with E-state index in [1.165, 1.54) is 45.1 Å². The Morgan fingerprint density at radius 1 is 1.25 bits per heavy atom. The van der Waals surface area contributed by atoms with Crippen molar-refractivity contribution in [3.05, 3.63) is 0 Å². The molecule has 0 heterocycles. The Morgan fingerprint density at radius 3 is 2.45 bits per heavy atom. The maximum Gasteiger partial charge on any atom is 0.108 e. The lowest BCUT2D eigenvalue weighted by atomic mass is 9.99. The number of hydrogen-bond acceptors (Lipinski definition) is 3. The summed E-state index contributed by atoms with van der Waals surface area (Å²) in [5, 5.41) is 12.7. The van der Waals surface area contributed by atoms with Gasteiger partial charge in [0.25, 0.3) is 0 Å².